The van der Waals surface area contributed by atoms with Crippen molar-refractivity contribution in [3.05, 3.63) is 42.0 Å². The van der Waals surface area contributed by atoms with Gasteiger partial charge in [0.05, 0.1) is 0 Å². The molecule has 2 heterocycles. The normalized spacial score (nSPS) is 29.4. The molecule has 2 aliphatic rings. The van der Waals surface area contributed by atoms with Gasteiger partial charge in [-0.2, -0.15) is 0 Å². The van der Waals surface area contributed by atoms with Gasteiger partial charge in [0.1, 0.15) is 0 Å². The summed E-state index contributed by atoms with van der Waals surface area (Å²) in [5.41, 5.74) is 1.30. The number of nitrogens with zero attached hydrogens (tertiary/aromatic N) is 1. The van der Waals surface area contributed by atoms with E-state index in [1.54, 1.807) is 0 Å². The molecule has 0 radical (unpaired) electrons. The Morgan fingerprint density at radius 3 is 2.50 bits per heavy atom. The second-order valence-electron chi connectivity index (χ2n) is 6.16. The average molecular weight is 270 g/mol. The maximum absolute atomic E-state index is 3.74. The summed E-state index contributed by atoms with van der Waals surface area (Å²) in [6, 6.07) is 12.9. The predicted octanol–water partition coefficient (Wildman–Crippen LogP) is 3.30. The fourth-order valence-electron chi connectivity index (χ4n) is 3.75. The minimum absolute atomic E-state index is 0.777. The number of fused-ring (bicyclic) bond motifs is 2. The molecule has 2 fully saturated rings. The quantitative estimate of drug-likeness (QED) is 0.883. The zero-order chi connectivity index (χ0) is 13.8. The van der Waals surface area contributed by atoms with Gasteiger partial charge in [-0.05, 0) is 37.8 Å². The molecule has 2 unspecified atom stereocenters. The molecule has 2 heteroatoms. The SMILES string of the molecule is CCN(CC=Cc1ccccc1)C1CC2CCC(C1)N2. The first-order chi connectivity index (χ1) is 9.85. The van der Waals surface area contributed by atoms with Gasteiger partial charge in [0.25, 0.3) is 0 Å². The maximum atomic E-state index is 3.74. The highest BCUT2D eigenvalue weighted by Crippen LogP contribution is 2.29. The smallest absolute Gasteiger partial charge is 0.0169 e. The van der Waals surface area contributed by atoms with Gasteiger partial charge >= 0.3 is 0 Å². The Morgan fingerprint density at radius 1 is 1.15 bits per heavy atom. The van der Waals surface area contributed by atoms with E-state index in [-0.39, 0.29) is 0 Å². The first-order valence-electron chi connectivity index (χ1n) is 8.07. The van der Waals surface area contributed by atoms with Crippen LogP contribution in [0.1, 0.15) is 38.2 Å². The van der Waals surface area contributed by atoms with Crippen LogP contribution in [0.2, 0.25) is 0 Å². The van der Waals surface area contributed by atoms with Gasteiger partial charge in [0.2, 0.25) is 0 Å². The Balaban J connectivity index is 1.56. The number of piperidine rings is 1. The molecule has 1 aromatic carbocycles. The standard InChI is InChI=1S/C18H26N2/c1-2-20(12-6-9-15-7-4-3-5-8-15)18-13-16-10-11-17(14-18)19-16/h3-9,16-19H,2,10-14H2,1H3. The molecular weight excluding hydrogens is 244 g/mol. The van der Waals surface area contributed by atoms with E-state index >= 15 is 0 Å². The highest BCUT2D eigenvalue weighted by Gasteiger charge is 2.35. The van der Waals surface area contributed by atoms with Gasteiger partial charge in [0.15, 0.2) is 0 Å². The fraction of sp³-hybridized carbons (Fsp3) is 0.556. The molecule has 2 saturated heterocycles. The molecular formula is C18H26N2. The van der Waals surface area contributed by atoms with Crippen LogP contribution in [0, 0.1) is 0 Å². The number of hydrogen-bond acceptors (Lipinski definition) is 2. The summed E-state index contributed by atoms with van der Waals surface area (Å²) < 4.78 is 0. The van der Waals surface area contributed by atoms with Gasteiger partial charge < -0.3 is 5.32 Å². The predicted molar refractivity (Wildman–Crippen MR) is 85.7 cm³/mol. The third kappa shape index (κ3) is 3.31. The topological polar surface area (TPSA) is 15.3 Å². The fourth-order valence-corrected chi connectivity index (χ4v) is 3.75. The molecule has 1 aromatic rings. The van der Waals surface area contributed by atoms with Gasteiger partial charge in [-0.1, -0.05) is 49.4 Å². The molecule has 2 aliphatic heterocycles. The van der Waals surface area contributed by atoms with Gasteiger partial charge in [-0.25, -0.2) is 0 Å². The Morgan fingerprint density at radius 2 is 1.85 bits per heavy atom. The molecule has 0 aromatic heterocycles. The Kier molecular flexibility index (Phi) is 4.54. The number of hydrogen-bond donors (Lipinski definition) is 1. The summed E-state index contributed by atoms with van der Waals surface area (Å²) in [5, 5.41) is 3.74. The van der Waals surface area contributed by atoms with Crippen LogP contribution in [0.25, 0.3) is 6.08 Å². The van der Waals surface area contributed by atoms with Crippen LogP contribution in [0.5, 0.6) is 0 Å². The molecule has 0 spiro atoms. The average Bonchev–Trinajstić information content (AvgIpc) is 2.83. The highest BCUT2D eigenvalue weighted by molar-refractivity contribution is 5.48. The molecule has 2 nitrogen and oxygen atoms in total. The highest BCUT2D eigenvalue weighted by atomic mass is 15.2. The Hall–Kier alpha value is -1.12. The van der Waals surface area contributed by atoms with Gasteiger partial charge in [0, 0.05) is 24.7 Å². The lowest BCUT2D eigenvalue weighted by Crippen LogP contribution is -2.48. The second kappa shape index (κ2) is 6.55. The van der Waals surface area contributed by atoms with Crippen LogP contribution in [0.3, 0.4) is 0 Å². The van der Waals surface area contributed by atoms with Crippen LogP contribution < -0.4 is 5.32 Å². The number of likely N-dealkylation sites (N-methyl/N-ethyl adjacent to an activating group) is 1. The summed E-state index contributed by atoms with van der Waals surface area (Å²) in [6.07, 6.45) is 10.0. The van der Waals surface area contributed by atoms with Crippen molar-refractivity contribution in [2.45, 2.75) is 50.7 Å². The van der Waals surface area contributed by atoms with Crippen molar-refractivity contribution in [1.82, 2.24) is 10.2 Å². The van der Waals surface area contributed by atoms with Crippen LogP contribution >= 0.6 is 0 Å². The van der Waals surface area contributed by atoms with E-state index in [1.807, 2.05) is 0 Å². The third-order valence-electron chi connectivity index (χ3n) is 4.82. The minimum Gasteiger partial charge on any atom is -0.311 e. The Bertz CT molecular complexity index is 428. The van der Waals surface area contributed by atoms with Crippen molar-refractivity contribution in [1.29, 1.82) is 0 Å². The molecule has 0 aliphatic carbocycles. The molecule has 108 valence electrons. The summed E-state index contributed by atoms with van der Waals surface area (Å²) in [7, 11) is 0. The number of benzene rings is 1. The molecule has 0 amide bonds. The van der Waals surface area contributed by atoms with Crippen molar-refractivity contribution in [2.75, 3.05) is 13.1 Å². The zero-order valence-corrected chi connectivity index (χ0v) is 12.5. The Labute approximate surface area is 122 Å². The summed E-state index contributed by atoms with van der Waals surface area (Å²) in [5.74, 6) is 0. The molecule has 0 saturated carbocycles. The van der Waals surface area contributed by atoms with Gasteiger partial charge in [-0.3, -0.25) is 4.90 Å². The number of rotatable bonds is 5. The zero-order valence-electron chi connectivity index (χ0n) is 12.5. The van der Waals surface area contributed by atoms with E-state index in [2.05, 4.69) is 59.6 Å². The summed E-state index contributed by atoms with van der Waals surface area (Å²) in [6.45, 7) is 4.53. The van der Waals surface area contributed by atoms with Crippen molar-refractivity contribution in [3.8, 4) is 0 Å². The molecule has 2 atom stereocenters. The third-order valence-corrected chi connectivity index (χ3v) is 4.82. The lowest BCUT2D eigenvalue weighted by molar-refractivity contribution is 0.163. The maximum Gasteiger partial charge on any atom is 0.0169 e. The van der Waals surface area contributed by atoms with Crippen LogP contribution in [-0.4, -0.2) is 36.1 Å². The minimum atomic E-state index is 0.777. The molecule has 20 heavy (non-hydrogen) atoms. The van der Waals surface area contributed by atoms with E-state index in [9.17, 15) is 0 Å². The second-order valence-corrected chi connectivity index (χ2v) is 6.16. The van der Waals surface area contributed by atoms with E-state index in [0.29, 0.717) is 0 Å². The lowest BCUT2D eigenvalue weighted by Gasteiger charge is -2.36. The lowest BCUT2D eigenvalue weighted by atomic mass is 9.98. The molecule has 3 rings (SSSR count). The van der Waals surface area contributed by atoms with Crippen LogP contribution in [-0.2, 0) is 0 Å². The number of nitrogens with one attached hydrogen (secondary N) is 1. The largest absolute Gasteiger partial charge is 0.311 e. The first kappa shape index (κ1) is 13.8. The van der Waals surface area contributed by atoms with Crippen LogP contribution in [0.4, 0.5) is 0 Å². The van der Waals surface area contributed by atoms with E-state index in [4.69, 9.17) is 0 Å². The summed E-state index contributed by atoms with van der Waals surface area (Å²) in [4.78, 5) is 2.64. The first-order valence-corrected chi connectivity index (χ1v) is 8.07. The van der Waals surface area contributed by atoms with Crippen molar-refractivity contribution < 1.29 is 0 Å². The van der Waals surface area contributed by atoms with Gasteiger partial charge in [-0.15, -0.1) is 0 Å². The van der Waals surface area contributed by atoms with Crippen molar-refractivity contribution >= 4 is 6.08 Å². The summed E-state index contributed by atoms with van der Waals surface area (Å²) >= 11 is 0. The van der Waals surface area contributed by atoms with Crippen molar-refractivity contribution in [2.24, 2.45) is 0 Å². The van der Waals surface area contributed by atoms with Crippen LogP contribution in [0.15, 0.2) is 36.4 Å². The van der Waals surface area contributed by atoms with E-state index in [0.717, 1.165) is 31.2 Å². The van der Waals surface area contributed by atoms with Crippen molar-refractivity contribution in [3.63, 3.8) is 0 Å². The van der Waals surface area contributed by atoms with E-state index < -0.39 is 0 Å². The molecule has 1 N–H and O–H groups in total. The monoisotopic (exact) mass is 270 g/mol. The molecule has 2 bridgehead atoms. The van der Waals surface area contributed by atoms with E-state index in [1.165, 1.54) is 31.2 Å².